The van der Waals surface area contributed by atoms with Gasteiger partial charge in [-0.25, -0.2) is 0 Å². The molecule has 0 atom stereocenters. The largest absolute Gasteiger partial charge is 0.255 e. The van der Waals surface area contributed by atoms with Crippen molar-refractivity contribution in [1.29, 1.82) is 0 Å². The summed E-state index contributed by atoms with van der Waals surface area (Å²) in [6, 6.07) is 8.75. The summed E-state index contributed by atoms with van der Waals surface area (Å²) in [5.41, 5.74) is 9.59. The molecule has 3 heteroatoms. The zero-order valence-electron chi connectivity index (χ0n) is 17.6. The van der Waals surface area contributed by atoms with Crippen LogP contribution in [0.2, 0.25) is 0 Å². The van der Waals surface area contributed by atoms with Crippen molar-refractivity contribution in [1.82, 2.24) is 0 Å². The van der Waals surface area contributed by atoms with E-state index in [1.165, 1.54) is 43.2 Å². The lowest BCUT2D eigenvalue weighted by molar-refractivity contribution is 1.29. The molecule has 2 aromatic rings. The molecule has 0 unspecified atom stereocenters. The molecule has 0 saturated heterocycles. The molecular formula is C25H28N2S. The first kappa shape index (κ1) is 20.3. The highest BCUT2D eigenvalue weighted by atomic mass is 32.2. The van der Waals surface area contributed by atoms with E-state index in [9.17, 15) is 0 Å². The average Bonchev–Trinajstić information content (AvgIpc) is 2.60. The second-order valence-electron chi connectivity index (χ2n) is 7.56. The summed E-state index contributed by atoms with van der Waals surface area (Å²) in [4.78, 5) is 11.9. The Morgan fingerprint density at radius 2 is 1.00 bits per heavy atom. The Morgan fingerprint density at radius 1 is 0.643 bits per heavy atom. The first-order valence-electron chi connectivity index (χ1n) is 9.65. The number of rotatable bonds is 4. The van der Waals surface area contributed by atoms with Gasteiger partial charge in [0.2, 0.25) is 0 Å². The monoisotopic (exact) mass is 388 g/mol. The van der Waals surface area contributed by atoms with Gasteiger partial charge in [0.1, 0.15) is 0 Å². The zero-order valence-corrected chi connectivity index (χ0v) is 18.4. The van der Waals surface area contributed by atoms with Gasteiger partial charge in [0.15, 0.2) is 0 Å². The molecular weight excluding hydrogens is 360 g/mol. The predicted molar refractivity (Wildman–Crippen MR) is 126 cm³/mol. The number of benzene rings is 2. The van der Waals surface area contributed by atoms with Crippen LogP contribution in [0.15, 0.2) is 56.2 Å². The third-order valence-electron chi connectivity index (χ3n) is 4.79. The Bertz CT molecular complexity index is 895. The highest BCUT2D eigenvalue weighted by molar-refractivity contribution is 8.08. The number of aryl methyl sites for hydroxylation is 6. The zero-order chi connectivity index (χ0) is 20.3. The second kappa shape index (κ2) is 8.74. The Morgan fingerprint density at radius 3 is 1.36 bits per heavy atom. The quantitative estimate of drug-likeness (QED) is 0.496. The van der Waals surface area contributed by atoms with Crippen molar-refractivity contribution in [2.45, 2.75) is 48.0 Å². The Balaban J connectivity index is 1.73. The highest BCUT2D eigenvalue weighted by Gasteiger charge is 2.07. The fraction of sp³-hybridized carbons (Fsp3) is 0.280. The van der Waals surface area contributed by atoms with E-state index in [4.69, 9.17) is 9.98 Å². The molecule has 144 valence electrons. The van der Waals surface area contributed by atoms with Crippen molar-refractivity contribution in [3.8, 4) is 0 Å². The molecule has 0 bridgehead atoms. The molecule has 1 aliphatic heterocycles. The van der Waals surface area contributed by atoms with Crippen molar-refractivity contribution in [2.24, 2.45) is 9.98 Å². The van der Waals surface area contributed by atoms with Gasteiger partial charge < -0.3 is 0 Å². The molecule has 1 heterocycles. The Labute approximate surface area is 173 Å². The van der Waals surface area contributed by atoms with Gasteiger partial charge in [0.25, 0.3) is 0 Å². The topological polar surface area (TPSA) is 24.7 Å². The molecule has 2 aromatic carbocycles. The number of nitrogens with zero attached hydrogens (tertiary/aromatic N) is 2. The third kappa shape index (κ3) is 4.90. The van der Waals surface area contributed by atoms with Gasteiger partial charge in [-0.2, -0.15) is 0 Å². The van der Waals surface area contributed by atoms with E-state index in [0.717, 1.165) is 17.8 Å². The van der Waals surface area contributed by atoms with Crippen LogP contribution < -0.4 is 0 Å². The SMILES string of the molecule is Cc1cc(C)c(N=CC2=CCC=C(C=Nc3c(C)cc(C)cc3C)S2)c(C)c1. The summed E-state index contributed by atoms with van der Waals surface area (Å²) < 4.78 is 0. The lowest BCUT2D eigenvalue weighted by Crippen LogP contribution is -1.91. The predicted octanol–water partition coefficient (Wildman–Crippen LogP) is 7.55. The van der Waals surface area contributed by atoms with E-state index in [1.54, 1.807) is 11.8 Å². The average molecular weight is 389 g/mol. The van der Waals surface area contributed by atoms with E-state index in [0.29, 0.717) is 0 Å². The van der Waals surface area contributed by atoms with Gasteiger partial charge in [-0.3, -0.25) is 9.98 Å². The van der Waals surface area contributed by atoms with E-state index in [-0.39, 0.29) is 0 Å². The minimum Gasteiger partial charge on any atom is -0.255 e. The molecule has 0 spiro atoms. The van der Waals surface area contributed by atoms with Crippen molar-refractivity contribution in [2.75, 3.05) is 0 Å². The molecule has 0 N–H and O–H groups in total. The molecule has 1 aliphatic rings. The van der Waals surface area contributed by atoms with Crippen molar-refractivity contribution >= 4 is 35.6 Å². The van der Waals surface area contributed by atoms with Gasteiger partial charge in [-0.05, 0) is 70.2 Å². The second-order valence-corrected chi connectivity index (χ2v) is 8.71. The minimum atomic E-state index is 0.910. The van der Waals surface area contributed by atoms with Crippen LogP contribution in [-0.4, -0.2) is 12.4 Å². The van der Waals surface area contributed by atoms with Gasteiger partial charge in [-0.15, -0.1) is 0 Å². The van der Waals surface area contributed by atoms with Crippen LogP contribution in [-0.2, 0) is 0 Å². The lowest BCUT2D eigenvalue weighted by Gasteiger charge is -2.10. The van der Waals surface area contributed by atoms with Crippen molar-refractivity contribution < 1.29 is 0 Å². The molecule has 0 radical (unpaired) electrons. The molecule has 2 nitrogen and oxygen atoms in total. The molecule has 3 rings (SSSR count). The smallest absolute Gasteiger partial charge is 0.0688 e. The fourth-order valence-corrected chi connectivity index (χ4v) is 4.52. The van der Waals surface area contributed by atoms with E-state index in [1.807, 2.05) is 12.4 Å². The summed E-state index contributed by atoms with van der Waals surface area (Å²) in [5, 5.41) is 0. The number of thioether (sulfide) groups is 1. The number of hydrogen-bond donors (Lipinski definition) is 0. The van der Waals surface area contributed by atoms with E-state index < -0.39 is 0 Å². The number of allylic oxidation sites excluding steroid dienone is 4. The van der Waals surface area contributed by atoms with Gasteiger partial charge in [0.05, 0.1) is 11.4 Å². The van der Waals surface area contributed by atoms with E-state index >= 15 is 0 Å². The van der Waals surface area contributed by atoms with Crippen LogP contribution >= 0.6 is 11.8 Å². The fourth-order valence-electron chi connectivity index (χ4n) is 3.68. The lowest BCUT2D eigenvalue weighted by atomic mass is 10.1. The van der Waals surface area contributed by atoms with Crippen LogP contribution in [0.25, 0.3) is 0 Å². The van der Waals surface area contributed by atoms with E-state index in [2.05, 4.69) is 78.0 Å². The maximum Gasteiger partial charge on any atom is 0.0688 e. The molecule has 28 heavy (non-hydrogen) atoms. The first-order valence-corrected chi connectivity index (χ1v) is 10.5. The summed E-state index contributed by atoms with van der Waals surface area (Å²) >= 11 is 1.72. The maximum absolute atomic E-state index is 4.77. The Hall–Kier alpha value is -2.39. The van der Waals surface area contributed by atoms with Crippen LogP contribution in [0.1, 0.15) is 39.8 Å². The molecule has 0 fully saturated rings. The number of hydrogen-bond acceptors (Lipinski definition) is 3. The van der Waals surface area contributed by atoms with Crippen LogP contribution in [0.3, 0.4) is 0 Å². The first-order chi connectivity index (χ1) is 13.3. The minimum absolute atomic E-state index is 0.910. The van der Waals surface area contributed by atoms with Crippen molar-refractivity contribution in [3.05, 3.63) is 79.6 Å². The molecule has 0 amide bonds. The normalized spacial score (nSPS) is 14.6. The molecule has 0 aliphatic carbocycles. The maximum atomic E-state index is 4.77. The molecule has 0 aromatic heterocycles. The highest BCUT2D eigenvalue weighted by Crippen LogP contribution is 2.32. The Kier molecular flexibility index (Phi) is 6.35. The van der Waals surface area contributed by atoms with Crippen LogP contribution in [0.5, 0.6) is 0 Å². The van der Waals surface area contributed by atoms with Crippen LogP contribution in [0.4, 0.5) is 11.4 Å². The van der Waals surface area contributed by atoms with Gasteiger partial charge in [0, 0.05) is 22.2 Å². The van der Waals surface area contributed by atoms with Gasteiger partial charge >= 0.3 is 0 Å². The van der Waals surface area contributed by atoms with Crippen molar-refractivity contribution in [3.63, 3.8) is 0 Å². The van der Waals surface area contributed by atoms with Gasteiger partial charge in [-0.1, -0.05) is 59.3 Å². The summed E-state index contributed by atoms with van der Waals surface area (Å²) in [6.45, 7) is 12.7. The summed E-state index contributed by atoms with van der Waals surface area (Å²) in [6.07, 6.45) is 9.31. The summed E-state index contributed by atoms with van der Waals surface area (Å²) in [7, 11) is 0. The summed E-state index contributed by atoms with van der Waals surface area (Å²) in [5.74, 6) is 0. The standard InChI is InChI=1S/C25H28N2S/c1-16-10-18(3)24(19(4)11-16)26-14-22-8-7-9-23(28-22)15-27-25-20(5)12-17(2)13-21(25)6/h8-15H,7H2,1-6H3. The molecule has 0 saturated carbocycles. The third-order valence-corrected chi connectivity index (χ3v) is 5.80. The number of aliphatic imine (C=N–C) groups is 2. The van der Waals surface area contributed by atoms with Crippen LogP contribution in [0, 0.1) is 41.5 Å².